The smallest absolute Gasteiger partial charge is 0.330 e. The molecule has 0 atom stereocenters. The highest BCUT2D eigenvalue weighted by Gasteiger charge is 2.30. The number of nitrogen functional groups attached to an aromatic ring is 1. The first-order chi connectivity index (χ1) is 13.5. The summed E-state index contributed by atoms with van der Waals surface area (Å²) in [5.41, 5.74) is 5.32. The second-order valence-electron chi connectivity index (χ2n) is 6.39. The van der Waals surface area contributed by atoms with Gasteiger partial charge in [0.05, 0.1) is 5.75 Å². The number of Topliss-reactive ketones (excluding diaryl/α,β-unsaturated/α-hetero) is 1. The van der Waals surface area contributed by atoms with Crippen molar-refractivity contribution in [1.29, 1.82) is 0 Å². The first-order valence-corrected chi connectivity index (χ1v) is 9.91. The van der Waals surface area contributed by atoms with Gasteiger partial charge in [0.2, 0.25) is 0 Å². The van der Waals surface area contributed by atoms with Gasteiger partial charge in [0.25, 0.3) is 5.56 Å². The van der Waals surface area contributed by atoms with Crippen LogP contribution >= 0.6 is 23.4 Å². The molecular formula is C18H16ClN5O3S. The Kier molecular flexibility index (Phi) is 4.86. The molecular weight excluding hydrogens is 402 g/mol. The molecule has 0 spiro atoms. The third-order valence-corrected chi connectivity index (χ3v) is 5.64. The monoisotopic (exact) mass is 417 g/mol. The maximum Gasteiger partial charge on any atom is 0.330 e. The predicted octanol–water partition coefficient (Wildman–Crippen LogP) is 2.27. The Balaban J connectivity index is 1.57. The van der Waals surface area contributed by atoms with Crippen molar-refractivity contribution < 1.29 is 4.79 Å². The lowest BCUT2D eigenvalue weighted by Crippen LogP contribution is -2.36. The summed E-state index contributed by atoms with van der Waals surface area (Å²) in [7, 11) is 0. The molecule has 1 saturated carbocycles. The molecule has 1 aliphatic carbocycles. The van der Waals surface area contributed by atoms with Crippen LogP contribution in [0.5, 0.6) is 0 Å². The largest absolute Gasteiger partial charge is 0.384 e. The molecule has 144 valence electrons. The van der Waals surface area contributed by atoms with Gasteiger partial charge < -0.3 is 5.73 Å². The van der Waals surface area contributed by atoms with Crippen molar-refractivity contribution in [3.63, 3.8) is 0 Å². The standard InChI is InChI=1S/C18H16ClN5O3S/c19-10-1-3-11(4-2-10)23-8-7-21-18(23)28-9-13(25)14-15(20)24(12-5-6-12)17(27)22-16(14)26/h1-4,7-8,12H,5-6,9,20H2,(H,22,26,27). The third-order valence-electron chi connectivity index (χ3n) is 4.42. The van der Waals surface area contributed by atoms with Gasteiger partial charge in [-0.05, 0) is 37.1 Å². The van der Waals surface area contributed by atoms with E-state index in [1.807, 2.05) is 16.7 Å². The van der Waals surface area contributed by atoms with Crippen molar-refractivity contribution in [2.45, 2.75) is 24.0 Å². The minimum Gasteiger partial charge on any atom is -0.384 e. The molecule has 0 aliphatic heterocycles. The molecule has 0 bridgehead atoms. The lowest BCUT2D eigenvalue weighted by atomic mass is 10.2. The van der Waals surface area contributed by atoms with Crippen molar-refractivity contribution in [2.24, 2.45) is 0 Å². The van der Waals surface area contributed by atoms with Crippen LogP contribution in [0.3, 0.4) is 0 Å². The fourth-order valence-electron chi connectivity index (χ4n) is 2.93. The van der Waals surface area contributed by atoms with Gasteiger partial charge in [-0.15, -0.1) is 0 Å². The van der Waals surface area contributed by atoms with E-state index in [0.717, 1.165) is 18.5 Å². The van der Waals surface area contributed by atoms with E-state index in [0.29, 0.717) is 10.2 Å². The molecule has 0 amide bonds. The number of nitrogens with two attached hydrogens (primary N) is 1. The average Bonchev–Trinajstić information content (AvgIpc) is 3.36. The number of halogens is 1. The number of anilines is 1. The van der Waals surface area contributed by atoms with Crippen LogP contribution in [-0.2, 0) is 0 Å². The molecule has 2 aromatic heterocycles. The van der Waals surface area contributed by atoms with Crippen LogP contribution in [0.15, 0.2) is 51.4 Å². The highest BCUT2D eigenvalue weighted by atomic mass is 35.5. The lowest BCUT2D eigenvalue weighted by molar-refractivity contribution is 0.102. The number of ketones is 1. The van der Waals surface area contributed by atoms with Crippen LogP contribution in [0.25, 0.3) is 5.69 Å². The fourth-order valence-corrected chi connectivity index (χ4v) is 3.90. The number of aromatic nitrogens is 4. The predicted molar refractivity (Wildman–Crippen MR) is 108 cm³/mol. The normalized spacial score (nSPS) is 13.6. The Morgan fingerprint density at radius 1 is 1.29 bits per heavy atom. The minimum atomic E-state index is -0.758. The number of carbonyl (C=O) groups excluding carboxylic acids is 1. The quantitative estimate of drug-likeness (QED) is 0.469. The van der Waals surface area contributed by atoms with Gasteiger partial charge >= 0.3 is 5.69 Å². The van der Waals surface area contributed by atoms with Gasteiger partial charge in [-0.2, -0.15) is 0 Å². The number of benzene rings is 1. The molecule has 1 aromatic carbocycles. The third kappa shape index (κ3) is 3.50. The first-order valence-electron chi connectivity index (χ1n) is 8.55. The zero-order chi connectivity index (χ0) is 19.8. The number of nitrogens with zero attached hydrogens (tertiary/aromatic N) is 3. The summed E-state index contributed by atoms with van der Waals surface area (Å²) in [6.45, 7) is 0. The van der Waals surface area contributed by atoms with Gasteiger partial charge in [-0.25, -0.2) is 9.78 Å². The Hall–Kier alpha value is -2.78. The highest BCUT2D eigenvalue weighted by Crippen LogP contribution is 2.35. The van der Waals surface area contributed by atoms with Crippen LogP contribution in [0.2, 0.25) is 5.02 Å². The number of hydrogen-bond donors (Lipinski definition) is 2. The molecule has 3 N–H and O–H groups in total. The summed E-state index contributed by atoms with van der Waals surface area (Å²) in [6, 6.07) is 7.15. The Morgan fingerprint density at radius 3 is 2.68 bits per heavy atom. The first kappa shape index (κ1) is 18.6. The second-order valence-corrected chi connectivity index (χ2v) is 7.77. The Labute approximate surface area is 168 Å². The summed E-state index contributed by atoms with van der Waals surface area (Å²) in [4.78, 5) is 43.3. The SMILES string of the molecule is Nc1c(C(=O)CSc2nccn2-c2ccc(Cl)cc2)c(=O)[nH]c(=O)n1C1CC1. The molecule has 0 unspecified atom stereocenters. The van der Waals surface area contributed by atoms with Crippen molar-refractivity contribution >= 4 is 35.0 Å². The molecule has 0 radical (unpaired) electrons. The number of H-pyrrole nitrogens is 1. The number of aromatic amines is 1. The van der Waals surface area contributed by atoms with E-state index in [2.05, 4.69) is 9.97 Å². The zero-order valence-corrected chi connectivity index (χ0v) is 16.2. The highest BCUT2D eigenvalue weighted by molar-refractivity contribution is 7.99. The fraction of sp³-hybridized carbons (Fsp3) is 0.222. The molecule has 8 nitrogen and oxygen atoms in total. The van der Waals surface area contributed by atoms with Crippen molar-refractivity contribution in [1.82, 2.24) is 19.1 Å². The van der Waals surface area contributed by atoms with E-state index in [4.69, 9.17) is 17.3 Å². The van der Waals surface area contributed by atoms with Crippen LogP contribution in [0.1, 0.15) is 29.2 Å². The van der Waals surface area contributed by atoms with Gasteiger partial charge in [-0.1, -0.05) is 23.4 Å². The van der Waals surface area contributed by atoms with E-state index in [9.17, 15) is 14.4 Å². The molecule has 0 saturated heterocycles. The van der Waals surface area contributed by atoms with E-state index in [-0.39, 0.29) is 23.2 Å². The molecule has 10 heteroatoms. The number of imidazole rings is 1. The number of hydrogen-bond acceptors (Lipinski definition) is 6. The van der Waals surface area contributed by atoms with Gasteiger partial charge in [0.15, 0.2) is 10.9 Å². The molecule has 2 heterocycles. The number of rotatable bonds is 6. The van der Waals surface area contributed by atoms with Crippen molar-refractivity contribution in [2.75, 3.05) is 11.5 Å². The van der Waals surface area contributed by atoms with Crippen LogP contribution in [0.4, 0.5) is 5.82 Å². The van der Waals surface area contributed by atoms with E-state index < -0.39 is 17.0 Å². The zero-order valence-electron chi connectivity index (χ0n) is 14.6. The maximum atomic E-state index is 12.7. The second kappa shape index (κ2) is 7.33. The van der Waals surface area contributed by atoms with E-state index in [1.165, 1.54) is 16.3 Å². The molecule has 1 aliphatic rings. The van der Waals surface area contributed by atoms with Crippen molar-refractivity contribution in [3.05, 3.63) is 68.1 Å². The van der Waals surface area contributed by atoms with Crippen molar-refractivity contribution in [3.8, 4) is 5.69 Å². The van der Waals surface area contributed by atoms with Crippen LogP contribution in [0, 0.1) is 0 Å². The van der Waals surface area contributed by atoms with Crippen LogP contribution in [-0.4, -0.2) is 30.6 Å². The summed E-state index contributed by atoms with van der Waals surface area (Å²) >= 11 is 7.10. The Bertz CT molecular complexity index is 1160. The van der Waals surface area contributed by atoms with Gasteiger partial charge in [0.1, 0.15) is 11.4 Å². The lowest BCUT2D eigenvalue weighted by Gasteiger charge is -2.11. The molecule has 28 heavy (non-hydrogen) atoms. The molecule has 3 aromatic rings. The summed E-state index contributed by atoms with van der Waals surface area (Å²) in [5.74, 6) is -0.562. The topological polar surface area (TPSA) is 116 Å². The minimum absolute atomic E-state index is 0.0409. The molecule has 1 fully saturated rings. The average molecular weight is 418 g/mol. The molecule has 4 rings (SSSR count). The van der Waals surface area contributed by atoms with Gasteiger partial charge in [-0.3, -0.25) is 23.7 Å². The van der Waals surface area contributed by atoms with E-state index in [1.54, 1.807) is 24.5 Å². The Morgan fingerprint density at radius 2 is 2.00 bits per heavy atom. The maximum absolute atomic E-state index is 12.7. The summed E-state index contributed by atoms with van der Waals surface area (Å²) < 4.78 is 3.11. The van der Waals surface area contributed by atoms with E-state index >= 15 is 0 Å². The summed E-state index contributed by atoms with van der Waals surface area (Å²) in [5, 5.41) is 1.20. The number of carbonyl (C=O) groups is 1. The van der Waals surface area contributed by atoms with Gasteiger partial charge in [0, 0.05) is 29.1 Å². The summed E-state index contributed by atoms with van der Waals surface area (Å²) in [6.07, 6.45) is 4.99. The number of nitrogens with one attached hydrogen (secondary N) is 1. The van der Waals surface area contributed by atoms with Crippen LogP contribution < -0.4 is 17.0 Å². The number of thioether (sulfide) groups is 1.